The molecule has 1 amide bonds. The molecule has 0 radical (unpaired) electrons. The summed E-state index contributed by atoms with van der Waals surface area (Å²) in [4.78, 5) is 16.8. The first-order valence-electron chi connectivity index (χ1n) is 9.11. The van der Waals surface area contributed by atoms with E-state index in [1.54, 1.807) is 48.5 Å². The molecule has 0 aliphatic rings. The van der Waals surface area contributed by atoms with Crippen LogP contribution >= 0.6 is 23.2 Å². The van der Waals surface area contributed by atoms with E-state index in [1.807, 2.05) is 0 Å². The third-order valence-electron chi connectivity index (χ3n) is 4.40. The Bertz CT molecular complexity index is 1300. The number of halogens is 3. The Kier molecular flexibility index (Phi) is 5.93. The van der Waals surface area contributed by atoms with Crippen LogP contribution in [0.2, 0.25) is 10.0 Å². The molecule has 3 aromatic carbocycles. The fourth-order valence-corrected chi connectivity index (χ4v) is 3.58. The second-order valence-corrected chi connectivity index (χ2v) is 7.38. The van der Waals surface area contributed by atoms with Gasteiger partial charge in [-0.15, -0.1) is 0 Å². The Hall–Kier alpha value is -3.35. The van der Waals surface area contributed by atoms with Gasteiger partial charge in [0.2, 0.25) is 11.8 Å². The molecule has 0 bridgehead atoms. The van der Waals surface area contributed by atoms with Crippen molar-refractivity contribution in [2.45, 2.75) is 0 Å². The fourth-order valence-electron chi connectivity index (χ4n) is 2.99. The van der Waals surface area contributed by atoms with Gasteiger partial charge in [0.05, 0.1) is 12.1 Å². The molecule has 0 fully saturated rings. The smallest absolute Gasteiger partial charge is 0.248 e. The number of rotatable bonds is 5. The van der Waals surface area contributed by atoms with Gasteiger partial charge in [-0.1, -0.05) is 23.2 Å². The Balaban J connectivity index is 1.53. The lowest BCUT2D eigenvalue weighted by atomic mass is 10.2. The maximum Gasteiger partial charge on any atom is 0.248 e. The lowest BCUT2D eigenvalue weighted by Gasteiger charge is -2.08. The number of oxazole rings is 1. The van der Waals surface area contributed by atoms with E-state index in [4.69, 9.17) is 32.4 Å². The summed E-state index contributed by atoms with van der Waals surface area (Å²) in [6.07, 6.45) is 2.91. The number of amides is 1. The summed E-state index contributed by atoms with van der Waals surface area (Å²) in [5, 5.41) is 3.54. The van der Waals surface area contributed by atoms with Gasteiger partial charge in [0, 0.05) is 27.9 Å². The lowest BCUT2D eigenvalue weighted by molar-refractivity contribution is -0.111. The number of hydrogen-bond donors (Lipinski definition) is 1. The Morgan fingerprint density at radius 1 is 1.13 bits per heavy atom. The van der Waals surface area contributed by atoms with Gasteiger partial charge in [-0.05, 0) is 60.7 Å². The van der Waals surface area contributed by atoms with Gasteiger partial charge < -0.3 is 14.5 Å². The van der Waals surface area contributed by atoms with Crippen LogP contribution in [0.15, 0.2) is 65.1 Å². The highest BCUT2D eigenvalue weighted by Gasteiger charge is 2.11. The van der Waals surface area contributed by atoms with Crippen LogP contribution in [-0.4, -0.2) is 18.0 Å². The van der Waals surface area contributed by atoms with Crippen LogP contribution in [0.5, 0.6) is 5.75 Å². The molecule has 8 heteroatoms. The number of aromatic nitrogens is 1. The number of carbonyl (C=O) groups is 1. The number of benzene rings is 3. The zero-order chi connectivity index (χ0) is 22.0. The number of fused-ring (bicyclic) bond motifs is 1. The van der Waals surface area contributed by atoms with Crippen molar-refractivity contribution in [2.24, 2.45) is 0 Å². The minimum absolute atomic E-state index is 0.337. The zero-order valence-electron chi connectivity index (χ0n) is 16.2. The van der Waals surface area contributed by atoms with Gasteiger partial charge in [-0.25, -0.2) is 9.37 Å². The van der Waals surface area contributed by atoms with Gasteiger partial charge in [0.1, 0.15) is 17.1 Å². The molecule has 0 aliphatic heterocycles. The molecular weight excluding hydrogens is 442 g/mol. The maximum absolute atomic E-state index is 13.1. The minimum atomic E-state index is -0.361. The molecule has 0 aliphatic carbocycles. The van der Waals surface area contributed by atoms with E-state index in [0.29, 0.717) is 49.6 Å². The van der Waals surface area contributed by atoms with Crippen LogP contribution in [-0.2, 0) is 4.79 Å². The number of anilines is 1. The minimum Gasteiger partial charge on any atom is -0.495 e. The summed E-state index contributed by atoms with van der Waals surface area (Å²) in [7, 11) is 1.49. The summed E-state index contributed by atoms with van der Waals surface area (Å²) in [5.74, 6) is 0.0890. The van der Waals surface area contributed by atoms with Gasteiger partial charge >= 0.3 is 0 Å². The number of nitrogens with one attached hydrogen (secondary N) is 1. The summed E-state index contributed by atoms with van der Waals surface area (Å²) in [6, 6.07) is 14.1. The number of ether oxygens (including phenoxy) is 1. The molecule has 4 aromatic rings. The van der Waals surface area contributed by atoms with E-state index < -0.39 is 0 Å². The third kappa shape index (κ3) is 4.71. The average Bonchev–Trinajstić information content (AvgIpc) is 3.16. The summed E-state index contributed by atoms with van der Waals surface area (Å²) < 4.78 is 24.1. The van der Waals surface area contributed by atoms with Crippen LogP contribution in [0.3, 0.4) is 0 Å². The van der Waals surface area contributed by atoms with Gasteiger partial charge in [0.15, 0.2) is 5.58 Å². The zero-order valence-corrected chi connectivity index (χ0v) is 17.7. The molecule has 5 nitrogen and oxygen atoms in total. The average molecular weight is 457 g/mol. The monoisotopic (exact) mass is 456 g/mol. The molecule has 156 valence electrons. The molecule has 1 aromatic heterocycles. The van der Waals surface area contributed by atoms with Crippen molar-refractivity contribution < 1.29 is 18.3 Å². The summed E-state index contributed by atoms with van der Waals surface area (Å²) >= 11 is 12.1. The summed E-state index contributed by atoms with van der Waals surface area (Å²) in [5.41, 5.74) is 2.87. The number of nitrogens with zero attached hydrogens (tertiary/aromatic N) is 1. The topological polar surface area (TPSA) is 64.4 Å². The first-order chi connectivity index (χ1) is 14.9. The van der Waals surface area contributed by atoms with E-state index in [1.165, 1.54) is 25.3 Å². The Morgan fingerprint density at radius 2 is 1.90 bits per heavy atom. The predicted molar refractivity (Wildman–Crippen MR) is 120 cm³/mol. The van der Waals surface area contributed by atoms with Gasteiger partial charge in [0.25, 0.3) is 0 Å². The van der Waals surface area contributed by atoms with Crippen molar-refractivity contribution in [3.8, 4) is 17.2 Å². The maximum atomic E-state index is 13.1. The van der Waals surface area contributed by atoms with Crippen molar-refractivity contribution in [1.82, 2.24) is 4.98 Å². The third-order valence-corrected chi connectivity index (χ3v) is 4.90. The molecule has 0 atom stereocenters. The Labute approximate surface area is 187 Å². The SMILES string of the molecule is COc1c(Cl)cc(Cl)cc1C=CC(=O)Nc1ccc2oc(-c3ccc(F)cc3)nc2c1. The fraction of sp³-hybridized carbons (Fsp3) is 0.0435. The standard InChI is InChI=1S/C23H15Cl2FN2O3/c1-30-22-14(10-15(24)11-18(22)25)4-9-21(29)27-17-7-8-20-19(12-17)28-23(31-20)13-2-5-16(26)6-3-13/h2-12H,1H3,(H,27,29). The number of carbonyl (C=O) groups excluding carboxylic acids is 1. The highest BCUT2D eigenvalue weighted by Crippen LogP contribution is 2.33. The van der Waals surface area contributed by atoms with Crippen molar-refractivity contribution in [3.05, 3.63) is 82.1 Å². The second kappa shape index (κ2) is 8.79. The van der Waals surface area contributed by atoms with Gasteiger partial charge in [-0.3, -0.25) is 4.79 Å². The lowest BCUT2D eigenvalue weighted by Crippen LogP contribution is -2.07. The predicted octanol–water partition coefficient (Wildman–Crippen LogP) is 6.60. The molecule has 0 spiro atoms. The van der Waals surface area contributed by atoms with E-state index in [0.717, 1.165) is 0 Å². The molecule has 1 heterocycles. The molecule has 31 heavy (non-hydrogen) atoms. The highest BCUT2D eigenvalue weighted by molar-refractivity contribution is 6.36. The normalized spacial score (nSPS) is 11.2. The number of methoxy groups -OCH3 is 1. The van der Waals surface area contributed by atoms with Crippen molar-refractivity contribution >= 4 is 52.0 Å². The number of hydrogen-bond acceptors (Lipinski definition) is 4. The first-order valence-corrected chi connectivity index (χ1v) is 9.87. The van der Waals surface area contributed by atoms with Crippen molar-refractivity contribution in [1.29, 1.82) is 0 Å². The molecular formula is C23H15Cl2FN2O3. The molecule has 1 N–H and O–H groups in total. The van der Waals surface area contributed by atoms with E-state index in [9.17, 15) is 9.18 Å². The quantitative estimate of drug-likeness (QED) is 0.343. The van der Waals surface area contributed by atoms with Crippen LogP contribution < -0.4 is 10.1 Å². The molecule has 0 saturated heterocycles. The van der Waals surface area contributed by atoms with Crippen LogP contribution in [0.1, 0.15) is 5.56 Å². The van der Waals surface area contributed by atoms with E-state index in [2.05, 4.69) is 10.3 Å². The van der Waals surface area contributed by atoms with Gasteiger partial charge in [-0.2, -0.15) is 0 Å². The van der Waals surface area contributed by atoms with Crippen molar-refractivity contribution in [3.63, 3.8) is 0 Å². The van der Waals surface area contributed by atoms with Crippen LogP contribution in [0, 0.1) is 5.82 Å². The first kappa shape index (κ1) is 20.9. The van der Waals surface area contributed by atoms with Crippen LogP contribution in [0.4, 0.5) is 10.1 Å². The van der Waals surface area contributed by atoms with E-state index >= 15 is 0 Å². The molecule has 0 saturated carbocycles. The molecule has 4 rings (SSSR count). The molecule has 0 unspecified atom stereocenters. The highest BCUT2D eigenvalue weighted by atomic mass is 35.5. The second-order valence-electron chi connectivity index (χ2n) is 6.54. The van der Waals surface area contributed by atoms with Crippen molar-refractivity contribution in [2.75, 3.05) is 12.4 Å². The van der Waals surface area contributed by atoms with Crippen LogP contribution in [0.25, 0.3) is 28.6 Å². The summed E-state index contributed by atoms with van der Waals surface area (Å²) in [6.45, 7) is 0. The van der Waals surface area contributed by atoms with E-state index in [-0.39, 0.29) is 11.7 Å². The largest absolute Gasteiger partial charge is 0.495 e. The Morgan fingerprint density at radius 3 is 2.65 bits per heavy atom.